The summed E-state index contributed by atoms with van der Waals surface area (Å²) in [5, 5.41) is 3.56. The molecule has 0 aromatic heterocycles. The lowest BCUT2D eigenvalue weighted by atomic mass is 10.2. The second-order valence-corrected chi connectivity index (χ2v) is 5.63. The molecule has 0 radical (unpaired) electrons. The van der Waals surface area contributed by atoms with E-state index in [0.717, 1.165) is 25.8 Å². The summed E-state index contributed by atoms with van der Waals surface area (Å²) in [6.45, 7) is 0.493. The van der Waals surface area contributed by atoms with Gasteiger partial charge >= 0.3 is 0 Å². The van der Waals surface area contributed by atoms with E-state index in [-0.39, 0.29) is 0 Å². The van der Waals surface area contributed by atoms with Crippen molar-refractivity contribution in [1.29, 1.82) is 0 Å². The number of nitrogens with zero attached hydrogens (tertiary/aromatic N) is 1. The molecule has 2 N–H and O–H groups in total. The van der Waals surface area contributed by atoms with Crippen LogP contribution < -0.4 is 10.6 Å². The van der Waals surface area contributed by atoms with Crippen molar-refractivity contribution in [2.24, 2.45) is 10.9 Å². The molecular weight excluding hydrogens is 372 g/mol. The van der Waals surface area contributed by atoms with E-state index < -0.39 is 0 Å². The Morgan fingerprint density at radius 2 is 1.89 bits per heavy atom. The maximum Gasteiger partial charge on any atom is 0.142 e. The molecule has 2 aromatic rings. The van der Waals surface area contributed by atoms with E-state index in [0.29, 0.717) is 6.61 Å². The van der Waals surface area contributed by atoms with E-state index in [1.807, 2.05) is 42.5 Å². The molecule has 2 rings (SSSR count). The van der Waals surface area contributed by atoms with Gasteiger partial charge in [0.2, 0.25) is 0 Å². The topological polar surface area (TPSA) is 47.6 Å². The summed E-state index contributed by atoms with van der Waals surface area (Å²) in [4.78, 5) is 0. The second kappa shape index (κ2) is 6.73. The van der Waals surface area contributed by atoms with Crippen molar-refractivity contribution >= 4 is 38.1 Å². The van der Waals surface area contributed by atoms with Crippen molar-refractivity contribution in [3.05, 3.63) is 62.5 Å². The summed E-state index contributed by atoms with van der Waals surface area (Å²) in [5.41, 5.74) is 1.92. The lowest BCUT2D eigenvalue weighted by Crippen LogP contribution is -2.00. The molecule has 2 aromatic carbocycles. The first-order valence-corrected chi connectivity index (χ1v) is 7.18. The van der Waals surface area contributed by atoms with Gasteiger partial charge in [0.25, 0.3) is 0 Å². The van der Waals surface area contributed by atoms with Gasteiger partial charge in [-0.05, 0) is 33.6 Å². The molecule has 0 aliphatic carbocycles. The standard InChI is InChI=1S/C14H12Br2N2O/c15-12-6-11(8-18-17)14(13(16)7-12)19-9-10-4-2-1-3-5-10/h1-8H,9,17H2. The minimum absolute atomic E-state index is 0.493. The Labute approximate surface area is 128 Å². The van der Waals surface area contributed by atoms with Gasteiger partial charge < -0.3 is 10.6 Å². The fourth-order valence-corrected chi connectivity index (χ4v) is 3.01. The molecule has 3 nitrogen and oxygen atoms in total. The van der Waals surface area contributed by atoms with Crippen molar-refractivity contribution in [1.82, 2.24) is 0 Å². The van der Waals surface area contributed by atoms with E-state index in [4.69, 9.17) is 10.6 Å². The highest BCUT2D eigenvalue weighted by Crippen LogP contribution is 2.32. The van der Waals surface area contributed by atoms with Crippen LogP contribution in [-0.2, 0) is 6.61 Å². The number of hydrogen-bond donors (Lipinski definition) is 1. The van der Waals surface area contributed by atoms with Crippen LogP contribution in [0.4, 0.5) is 0 Å². The quantitative estimate of drug-likeness (QED) is 0.491. The average Bonchev–Trinajstić information content (AvgIpc) is 2.39. The highest BCUT2D eigenvalue weighted by molar-refractivity contribution is 9.11. The molecule has 0 aliphatic rings. The predicted molar refractivity (Wildman–Crippen MR) is 84.4 cm³/mol. The van der Waals surface area contributed by atoms with Gasteiger partial charge in [-0.25, -0.2) is 0 Å². The van der Waals surface area contributed by atoms with Gasteiger partial charge in [-0.1, -0.05) is 46.3 Å². The zero-order valence-electron chi connectivity index (χ0n) is 10.0. The molecule has 0 spiro atoms. The van der Waals surface area contributed by atoms with Crippen molar-refractivity contribution in [2.45, 2.75) is 6.61 Å². The van der Waals surface area contributed by atoms with Crippen LogP contribution in [0.15, 0.2) is 56.5 Å². The molecule has 0 saturated heterocycles. The molecule has 0 amide bonds. The molecule has 98 valence electrons. The summed E-state index contributed by atoms with van der Waals surface area (Å²) in [7, 11) is 0. The molecule has 0 atom stereocenters. The third-order valence-electron chi connectivity index (χ3n) is 2.48. The van der Waals surface area contributed by atoms with E-state index in [1.165, 1.54) is 0 Å². The number of halogens is 2. The minimum atomic E-state index is 0.493. The van der Waals surface area contributed by atoms with Gasteiger partial charge in [0.05, 0.1) is 10.7 Å². The van der Waals surface area contributed by atoms with Crippen LogP contribution in [-0.4, -0.2) is 6.21 Å². The van der Waals surface area contributed by atoms with Crippen LogP contribution in [0.3, 0.4) is 0 Å². The molecular formula is C14H12Br2N2O. The first-order valence-electron chi connectivity index (χ1n) is 5.59. The van der Waals surface area contributed by atoms with Gasteiger partial charge in [-0.15, -0.1) is 0 Å². The lowest BCUT2D eigenvalue weighted by Gasteiger charge is -2.11. The van der Waals surface area contributed by atoms with Crippen LogP contribution in [0.2, 0.25) is 0 Å². The SMILES string of the molecule is NN=Cc1cc(Br)cc(Br)c1OCc1ccccc1. The maximum atomic E-state index is 5.85. The van der Waals surface area contributed by atoms with Gasteiger partial charge in [0, 0.05) is 10.0 Å². The third kappa shape index (κ3) is 3.81. The van der Waals surface area contributed by atoms with E-state index in [2.05, 4.69) is 37.0 Å². The zero-order valence-corrected chi connectivity index (χ0v) is 13.2. The first-order chi connectivity index (χ1) is 9.20. The number of nitrogens with two attached hydrogens (primary N) is 1. The summed E-state index contributed by atoms with van der Waals surface area (Å²) in [6, 6.07) is 13.8. The predicted octanol–water partition coefficient (Wildman–Crippen LogP) is 4.08. The molecule has 5 heteroatoms. The Kier molecular flexibility index (Phi) is 4.99. The maximum absolute atomic E-state index is 5.85. The van der Waals surface area contributed by atoms with E-state index in [9.17, 15) is 0 Å². The Balaban J connectivity index is 2.24. The lowest BCUT2D eigenvalue weighted by molar-refractivity contribution is 0.304. The summed E-state index contributed by atoms with van der Waals surface area (Å²) >= 11 is 6.91. The van der Waals surface area contributed by atoms with Crippen molar-refractivity contribution in [3.8, 4) is 5.75 Å². The highest BCUT2D eigenvalue weighted by Gasteiger charge is 2.09. The molecule has 0 bridgehead atoms. The largest absolute Gasteiger partial charge is 0.487 e. The fraction of sp³-hybridized carbons (Fsp3) is 0.0714. The van der Waals surface area contributed by atoms with E-state index in [1.54, 1.807) is 6.21 Å². The molecule has 19 heavy (non-hydrogen) atoms. The van der Waals surface area contributed by atoms with Crippen LogP contribution in [0.5, 0.6) is 5.75 Å². The van der Waals surface area contributed by atoms with Crippen molar-refractivity contribution < 1.29 is 4.74 Å². The van der Waals surface area contributed by atoms with Crippen LogP contribution in [0, 0.1) is 0 Å². The number of hydrazone groups is 1. The first kappa shape index (κ1) is 14.1. The van der Waals surface area contributed by atoms with Gasteiger partial charge in [0.15, 0.2) is 0 Å². The Hall–Kier alpha value is -1.33. The Morgan fingerprint density at radius 3 is 2.58 bits per heavy atom. The Bertz CT molecular complexity index is 585. The monoisotopic (exact) mass is 382 g/mol. The highest BCUT2D eigenvalue weighted by atomic mass is 79.9. The van der Waals surface area contributed by atoms with Crippen LogP contribution in [0.1, 0.15) is 11.1 Å². The van der Waals surface area contributed by atoms with Crippen LogP contribution >= 0.6 is 31.9 Å². The number of rotatable bonds is 4. The molecule has 0 fully saturated rings. The summed E-state index contributed by atoms with van der Waals surface area (Å²) < 4.78 is 7.63. The molecule has 0 saturated carbocycles. The van der Waals surface area contributed by atoms with E-state index >= 15 is 0 Å². The Morgan fingerprint density at radius 1 is 1.16 bits per heavy atom. The zero-order chi connectivity index (χ0) is 13.7. The summed E-state index contributed by atoms with van der Waals surface area (Å²) in [6.07, 6.45) is 1.57. The normalized spacial score (nSPS) is 10.8. The molecule has 0 unspecified atom stereocenters. The number of ether oxygens (including phenoxy) is 1. The van der Waals surface area contributed by atoms with Gasteiger partial charge in [0.1, 0.15) is 12.4 Å². The smallest absolute Gasteiger partial charge is 0.142 e. The van der Waals surface area contributed by atoms with Gasteiger partial charge in [-0.2, -0.15) is 5.10 Å². The number of hydrogen-bond acceptors (Lipinski definition) is 3. The third-order valence-corrected chi connectivity index (χ3v) is 3.52. The fourth-order valence-electron chi connectivity index (χ4n) is 1.64. The van der Waals surface area contributed by atoms with Crippen LogP contribution in [0.25, 0.3) is 0 Å². The van der Waals surface area contributed by atoms with Gasteiger partial charge in [-0.3, -0.25) is 0 Å². The van der Waals surface area contributed by atoms with Crippen molar-refractivity contribution in [3.63, 3.8) is 0 Å². The minimum Gasteiger partial charge on any atom is -0.487 e. The molecule has 0 aliphatic heterocycles. The molecule has 0 heterocycles. The second-order valence-electron chi connectivity index (χ2n) is 3.86. The number of benzene rings is 2. The van der Waals surface area contributed by atoms with Crippen molar-refractivity contribution in [2.75, 3.05) is 0 Å². The average molecular weight is 384 g/mol. The summed E-state index contributed by atoms with van der Waals surface area (Å²) in [5.74, 6) is 5.94.